The zero-order chi connectivity index (χ0) is 17.8. The van der Waals surface area contributed by atoms with Crippen LogP contribution in [0.3, 0.4) is 0 Å². The number of hydrogen-bond acceptors (Lipinski definition) is 4. The number of pyridine rings is 3. The van der Waals surface area contributed by atoms with E-state index in [0.29, 0.717) is 11.3 Å². The van der Waals surface area contributed by atoms with E-state index in [1.807, 2.05) is 12.3 Å². The molecule has 1 unspecified atom stereocenters. The highest BCUT2D eigenvalue weighted by Crippen LogP contribution is 2.43. The molecule has 1 fully saturated rings. The fourth-order valence-corrected chi connectivity index (χ4v) is 3.12. The summed E-state index contributed by atoms with van der Waals surface area (Å²) in [6.07, 6.45) is 7.69. The van der Waals surface area contributed by atoms with Crippen LogP contribution in [-0.2, 0) is 0 Å². The smallest absolute Gasteiger partial charge is 0.258 e. The van der Waals surface area contributed by atoms with Gasteiger partial charge in [0.25, 0.3) is 5.56 Å². The Hall–Kier alpha value is -2.43. The Morgan fingerprint density at radius 1 is 1.28 bits per heavy atom. The van der Waals surface area contributed by atoms with Crippen molar-refractivity contribution in [2.24, 2.45) is 5.41 Å². The fourth-order valence-electron chi connectivity index (χ4n) is 3.12. The number of aromatic amines is 1. The van der Waals surface area contributed by atoms with Crippen molar-refractivity contribution in [1.82, 2.24) is 15.0 Å². The number of nitrogens with zero attached hydrogens (tertiary/aromatic N) is 2. The van der Waals surface area contributed by atoms with Crippen LogP contribution in [0.2, 0.25) is 0 Å². The number of fused-ring (bicyclic) bond motifs is 3. The predicted molar refractivity (Wildman–Crippen MR) is 102 cm³/mol. The van der Waals surface area contributed by atoms with E-state index in [4.69, 9.17) is 4.98 Å². The lowest BCUT2D eigenvalue weighted by molar-refractivity contribution is 0.359. The van der Waals surface area contributed by atoms with Gasteiger partial charge in [-0.2, -0.15) is 0 Å². The third-order valence-electron chi connectivity index (χ3n) is 5.33. The second-order valence-corrected chi connectivity index (χ2v) is 8.18. The Morgan fingerprint density at radius 3 is 2.72 bits per heavy atom. The minimum atomic E-state index is -0.0969. The molecule has 2 N–H and O–H groups in total. The van der Waals surface area contributed by atoms with Gasteiger partial charge < -0.3 is 10.3 Å². The van der Waals surface area contributed by atoms with Crippen LogP contribution in [0.25, 0.3) is 21.7 Å². The van der Waals surface area contributed by atoms with Gasteiger partial charge in [0.2, 0.25) is 0 Å². The van der Waals surface area contributed by atoms with Crippen molar-refractivity contribution in [3.8, 4) is 0 Å². The van der Waals surface area contributed by atoms with Crippen LogP contribution in [-0.4, -0.2) is 21.0 Å². The van der Waals surface area contributed by atoms with Gasteiger partial charge in [-0.3, -0.25) is 9.78 Å². The van der Waals surface area contributed by atoms with Gasteiger partial charge in [-0.25, -0.2) is 4.98 Å². The van der Waals surface area contributed by atoms with Gasteiger partial charge in [-0.1, -0.05) is 20.8 Å². The Bertz CT molecular complexity index is 1010. The minimum Gasteiger partial charge on any atom is -0.367 e. The quantitative estimate of drug-likeness (QED) is 0.703. The predicted octanol–water partition coefficient (Wildman–Crippen LogP) is 4.20. The minimum absolute atomic E-state index is 0.0969. The maximum absolute atomic E-state index is 12.5. The first-order valence-electron chi connectivity index (χ1n) is 8.92. The molecule has 1 aliphatic rings. The molecule has 5 heteroatoms. The molecule has 3 heterocycles. The van der Waals surface area contributed by atoms with Crippen LogP contribution >= 0.6 is 0 Å². The number of nitrogens with one attached hydrogen (secondary N) is 2. The molecule has 0 saturated heterocycles. The summed E-state index contributed by atoms with van der Waals surface area (Å²) in [5.41, 5.74) is 1.96. The van der Waals surface area contributed by atoms with Crippen LogP contribution < -0.4 is 10.9 Å². The average Bonchev–Trinajstić information content (AvgIpc) is 3.39. The number of aromatic nitrogens is 3. The van der Waals surface area contributed by atoms with E-state index >= 15 is 0 Å². The third kappa shape index (κ3) is 2.77. The monoisotopic (exact) mass is 336 g/mol. The second kappa shape index (κ2) is 5.55. The molecule has 4 rings (SSSR count). The lowest BCUT2D eigenvalue weighted by Gasteiger charge is -2.29. The van der Waals surface area contributed by atoms with E-state index in [2.05, 4.69) is 43.0 Å². The Morgan fingerprint density at radius 2 is 2.04 bits per heavy atom. The van der Waals surface area contributed by atoms with Crippen LogP contribution in [0.15, 0.2) is 29.5 Å². The summed E-state index contributed by atoms with van der Waals surface area (Å²) in [7, 11) is 0. The molecular formula is C20H24N4O. The van der Waals surface area contributed by atoms with Gasteiger partial charge in [0, 0.05) is 35.4 Å². The van der Waals surface area contributed by atoms with E-state index < -0.39 is 0 Å². The van der Waals surface area contributed by atoms with Crippen LogP contribution in [0.5, 0.6) is 0 Å². The molecule has 3 aromatic rings. The Kier molecular flexibility index (Phi) is 3.56. The van der Waals surface area contributed by atoms with Crippen LogP contribution in [0.1, 0.15) is 52.0 Å². The second-order valence-electron chi connectivity index (χ2n) is 8.18. The molecule has 1 atom stereocenters. The maximum atomic E-state index is 12.5. The Balaban J connectivity index is 2.01. The number of hydrogen-bond donors (Lipinski definition) is 2. The molecule has 1 aliphatic carbocycles. The van der Waals surface area contributed by atoms with Crippen LogP contribution in [0.4, 0.5) is 5.82 Å². The molecule has 5 nitrogen and oxygen atoms in total. The largest absolute Gasteiger partial charge is 0.367 e. The van der Waals surface area contributed by atoms with Crippen molar-refractivity contribution in [2.75, 3.05) is 5.32 Å². The number of H-pyrrole nitrogens is 1. The van der Waals surface area contributed by atoms with Crippen LogP contribution in [0, 0.1) is 5.41 Å². The van der Waals surface area contributed by atoms with Crippen molar-refractivity contribution in [3.05, 3.63) is 40.6 Å². The zero-order valence-corrected chi connectivity index (χ0v) is 15.2. The molecule has 0 spiro atoms. The van der Waals surface area contributed by atoms with E-state index in [9.17, 15) is 4.79 Å². The molecule has 130 valence electrons. The summed E-state index contributed by atoms with van der Waals surface area (Å²) in [4.78, 5) is 24.6. The molecule has 0 bridgehead atoms. The summed E-state index contributed by atoms with van der Waals surface area (Å²) >= 11 is 0. The molecule has 1 saturated carbocycles. The third-order valence-corrected chi connectivity index (χ3v) is 5.33. The van der Waals surface area contributed by atoms with Gasteiger partial charge in [0.15, 0.2) is 0 Å². The van der Waals surface area contributed by atoms with E-state index in [1.165, 1.54) is 0 Å². The highest BCUT2D eigenvalue weighted by molar-refractivity contribution is 6.10. The molecule has 25 heavy (non-hydrogen) atoms. The standard InChI is InChI=1S/C20H24N4O/c1-11(20(2,3)4)23-18-13-7-8-21-9-15(13)16-17(24-18)14(12-5-6-12)10-22-19(16)25/h7-12H,5-6H2,1-4H3,(H,22,25)(H,23,24). The summed E-state index contributed by atoms with van der Waals surface area (Å²) < 4.78 is 0. The maximum Gasteiger partial charge on any atom is 0.258 e. The SMILES string of the molecule is CC(Nc1nc2c(C3CC3)c[nH]c(=O)c2c2cnccc12)C(C)(C)C. The van der Waals surface area contributed by atoms with Gasteiger partial charge in [0.1, 0.15) is 5.82 Å². The molecule has 0 aromatic carbocycles. The summed E-state index contributed by atoms with van der Waals surface area (Å²) in [5.74, 6) is 1.34. The van der Waals surface area contributed by atoms with Gasteiger partial charge in [0.05, 0.1) is 10.9 Å². The molecule has 0 amide bonds. The average molecular weight is 336 g/mol. The van der Waals surface area contributed by atoms with Gasteiger partial charge in [-0.15, -0.1) is 0 Å². The summed E-state index contributed by atoms with van der Waals surface area (Å²) in [6, 6.07) is 2.17. The number of anilines is 1. The van der Waals surface area contributed by atoms with E-state index in [0.717, 1.165) is 40.5 Å². The molecular weight excluding hydrogens is 312 g/mol. The normalized spacial score (nSPS) is 16.3. The van der Waals surface area contributed by atoms with E-state index in [-0.39, 0.29) is 17.0 Å². The van der Waals surface area contributed by atoms with Crippen molar-refractivity contribution < 1.29 is 0 Å². The molecule has 0 aliphatic heterocycles. The van der Waals surface area contributed by atoms with Crippen molar-refractivity contribution in [1.29, 1.82) is 0 Å². The number of rotatable bonds is 3. The fraction of sp³-hybridized carbons (Fsp3) is 0.450. The summed E-state index contributed by atoms with van der Waals surface area (Å²) in [5, 5.41) is 6.03. The van der Waals surface area contributed by atoms with E-state index in [1.54, 1.807) is 12.4 Å². The van der Waals surface area contributed by atoms with Crippen molar-refractivity contribution in [3.63, 3.8) is 0 Å². The first-order chi connectivity index (χ1) is 11.9. The molecule has 0 radical (unpaired) electrons. The highest BCUT2D eigenvalue weighted by atomic mass is 16.1. The lowest BCUT2D eigenvalue weighted by atomic mass is 9.88. The first kappa shape index (κ1) is 16.1. The van der Waals surface area contributed by atoms with Gasteiger partial charge in [-0.05, 0) is 42.7 Å². The summed E-state index contributed by atoms with van der Waals surface area (Å²) in [6.45, 7) is 8.78. The highest BCUT2D eigenvalue weighted by Gasteiger charge is 2.28. The van der Waals surface area contributed by atoms with Crippen molar-refractivity contribution in [2.45, 2.75) is 52.5 Å². The lowest BCUT2D eigenvalue weighted by Crippen LogP contribution is -2.31. The van der Waals surface area contributed by atoms with Gasteiger partial charge >= 0.3 is 0 Å². The Labute approximate surface area is 146 Å². The topological polar surface area (TPSA) is 70.7 Å². The zero-order valence-electron chi connectivity index (χ0n) is 15.2. The first-order valence-corrected chi connectivity index (χ1v) is 8.92. The molecule has 3 aromatic heterocycles. The van der Waals surface area contributed by atoms with Crippen molar-refractivity contribution >= 4 is 27.5 Å².